The summed E-state index contributed by atoms with van der Waals surface area (Å²) in [6.45, 7) is 0. The molecule has 1 atom stereocenters. The van der Waals surface area contributed by atoms with E-state index in [2.05, 4.69) is 235 Å². The van der Waals surface area contributed by atoms with E-state index in [1.54, 1.807) is 0 Å². The summed E-state index contributed by atoms with van der Waals surface area (Å²) in [5.74, 6) is 0.172. The molecule has 0 spiro atoms. The first-order valence-corrected chi connectivity index (χ1v) is 20.4. The molecule has 0 saturated heterocycles. The Kier molecular flexibility index (Phi) is 8.26. The molecule has 0 fully saturated rings. The van der Waals surface area contributed by atoms with Crippen LogP contribution in [-0.4, -0.2) is 4.57 Å². The molecule has 9 aromatic carbocycles. The van der Waals surface area contributed by atoms with Crippen molar-refractivity contribution >= 4 is 21.8 Å². The molecule has 0 N–H and O–H groups in total. The van der Waals surface area contributed by atoms with Crippen molar-refractivity contribution in [3.8, 4) is 27.9 Å². The predicted molar refractivity (Wildman–Crippen MR) is 242 cm³/mol. The van der Waals surface area contributed by atoms with Gasteiger partial charge in [0.15, 0.2) is 0 Å². The van der Waals surface area contributed by atoms with Gasteiger partial charge < -0.3 is 4.57 Å². The minimum absolute atomic E-state index is 0.172. The van der Waals surface area contributed by atoms with Gasteiger partial charge in [0.2, 0.25) is 0 Å². The third-order valence-corrected chi connectivity index (χ3v) is 12.5. The van der Waals surface area contributed by atoms with Crippen molar-refractivity contribution < 1.29 is 0 Å². The minimum atomic E-state index is -0.429. The number of para-hydroxylation sites is 2. The maximum Gasteiger partial charge on any atom is 0.0713 e. The second kappa shape index (κ2) is 14.1. The van der Waals surface area contributed by atoms with E-state index in [4.69, 9.17) is 0 Å². The van der Waals surface area contributed by atoms with Crippen molar-refractivity contribution in [1.82, 2.24) is 4.57 Å². The Bertz CT molecular complexity index is 3010. The van der Waals surface area contributed by atoms with E-state index in [0.717, 1.165) is 6.42 Å². The topological polar surface area (TPSA) is 4.93 Å². The maximum atomic E-state index is 2.53. The van der Waals surface area contributed by atoms with Crippen LogP contribution in [0.5, 0.6) is 0 Å². The average molecular weight is 740 g/mol. The Labute approximate surface area is 340 Å². The van der Waals surface area contributed by atoms with Crippen molar-refractivity contribution in [2.24, 2.45) is 0 Å². The highest BCUT2D eigenvalue weighted by Crippen LogP contribution is 2.56. The third-order valence-electron chi connectivity index (χ3n) is 12.5. The summed E-state index contributed by atoms with van der Waals surface area (Å²) in [6.07, 6.45) is 0.892. The van der Waals surface area contributed by atoms with Crippen LogP contribution in [0.1, 0.15) is 44.9 Å². The van der Waals surface area contributed by atoms with Crippen molar-refractivity contribution in [1.29, 1.82) is 0 Å². The van der Waals surface area contributed by atoms with Crippen molar-refractivity contribution in [3.63, 3.8) is 0 Å². The van der Waals surface area contributed by atoms with E-state index in [1.165, 1.54) is 88.7 Å². The summed E-state index contributed by atoms with van der Waals surface area (Å²) in [6, 6.07) is 85.2. The van der Waals surface area contributed by atoms with Gasteiger partial charge in [-0.15, -0.1) is 0 Å². The van der Waals surface area contributed by atoms with Crippen LogP contribution >= 0.6 is 0 Å². The summed E-state index contributed by atoms with van der Waals surface area (Å²) in [7, 11) is 0. The van der Waals surface area contributed by atoms with E-state index in [9.17, 15) is 0 Å². The van der Waals surface area contributed by atoms with Gasteiger partial charge in [0.1, 0.15) is 0 Å². The average Bonchev–Trinajstić information content (AvgIpc) is 3.80. The maximum absolute atomic E-state index is 2.53. The van der Waals surface area contributed by atoms with Crippen molar-refractivity contribution in [3.05, 3.63) is 269 Å². The van der Waals surface area contributed by atoms with Gasteiger partial charge in [0, 0.05) is 22.4 Å². The van der Waals surface area contributed by atoms with E-state index in [-0.39, 0.29) is 5.92 Å². The fraction of sp³-hybridized carbons (Fsp3) is 0.0526. The van der Waals surface area contributed by atoms with Gasteiger partial charge in [-0.25, -0.2) is 0 Å². The van der Waals surface area contributed by atoms with Crippen LogP contribution in [0.15, 0.2) is 231 Å². The lowest BCUT2D eigenvalue weighted by molar-refractivity contribution is 0.756. The molecule has 274 valence electrons. The highest BCUT2D eigenvalue weighted by atomic mass is 15.0. The quantitative estimate of drug-likeness (QED) is 0.146. The fourth-order valence-electron chi connectivity index (χ4n) is 9.87. The highest BCUT2D eigenvalue weighted by molar-refractivity contribution is 6.10. The van der Waals surface area contributed by atoms with Gasteiger partial charge in [0.05, 0.1) is 16.4 Å². The number of aromatic nitrogens is 1. The minimum Gasteiger partial charge on any atom is -0.309 e. The predicted octanol–water partition coefficient (Wildman–Crippen LogP) is 14.2. The van der Waals surface area contributed by atoms with Crippen LogP contribution < -0.4 is 0 Å². The zero-order chi connectivity index (χ0) is 38.5. The van der Waals surface area contributed by atoms with Gasteiger partial charge in [-0.05, 0) is 98.0 Å². The SMILES string of the molecule is c1ccc(C(Cc2ccc(-c3ccc4c(c3)c3ccccc3n4-c3ccccc3)cc2)c2ccc3c(c2)C(c2ccccc2)(c2ccccc2)c2ccccc2-3)cc1. The first-order valence-electron chi connectivity index (χ1n) is 20.4. The molecule has 1 unspecified atom stereocenters. The van der Waals surface area contributed by atoms with Crippen molar-refractivity contribution in [2.75, 3.05) is 0 Å². The molecule has 1 aromatic heterocycles. The third kappa shape index (κ3) is 5.46. The van der Waals surface area contributed by atoms with Crippen LogP contribution in [0.3, 0.4) is 0 Å². The molecule has 1 nitrogen and oxygen atoms in total. The number of rotatable bonds is 8. The Morgan fingerprint density at radius 3 is 1.67 bits per heavy atom. The fourth-order valence-corrected chi connectivity index (χ4v) is 9.87. The van der Waals surface area contributed by atoms with Gasteiger partial charge in [0.25, 0.3) is 0 Å². The number of hydrogen-bond donors (Lipinski definition) is 0. The van der Waals surface area contributed by atoms with E-state index in [1.807, 2.05) is 0 Å². The second-order valence-corrected chi connectivity index (χ2v) is 15.6. The molecular weight excluding hydrogens is 699 g/mol. The molecule has 1 aliphatic carbocycles. The first kappa shape index (κ1) is 34.1. The largest absolute Gasteiger partial charge is 0.309 e. The van der Waals surface area contributed by atoms with Crippen LogP contribution in [0.25, 0.3) is 49.7 Å². The summed E-state index contributed by atoms with van der Waals surface area (Å²) >= 11 is 0. The summed E-state index contributed by atoms with van der Waals surface area (Å²) in [5, 5.41) is 2.54. The molecule has 1 heterocycles. The smallest absolute Gasteiger partial charge is 0.0713 e. The number of hydrogen-bond acceptors (Lipinski definition) is 0. The normalized spacial score (nSPS) is 13.3. The van der Waals surface area contributed by atoms with Gasteiger partial charge >= 0.3 is 0 Å². The monoisotopic (exact) mass is 739 g/mol. The Morgan fingerprint density at radius 1 is 0.379 bits per heavy atom. The lowest BCUT2D eigenvalue weighted by Gasteiger charge is -2.34. The molecule has 0 bridgehead atoms. The molecule has 58 heavy (non-hydrogen) atoms. The zero-order valence-corrected chi connectivity index (χ0v) is 32.2. The number of fused-ring (bicyclic) bond motifs is 6. The van der Waals surface area contributed by atoms with Gasteiger partial charge in [-0.2, -0.15) is 0 Å². The first-order chi connectivity index (χ1) is 28.8. The van der Waals surface area contributed by atoms with E-state index >= 15 is 0 Å². The number of nitrogens with zero attached hydrogens (tertiary/aromatic N) is 1. The summed E-state index contributed by atoms with van der Waals surface area (Å²) in [5.41, 5.74) is 17.5. The zero-order valence-electron chi connectivity index (χ0n) is 32.2. The Morgan fingerprint density at radius 2 is 0.948 bits per heavy atom. The van der Waals surface area contributed by atoms with Crippen LogP contribution in [-0.2, 0) is 11.8 Å². The van der Waals surface area contributed by atoms with E-state index < -0.39 is 5.41 Å². The van der Waals surface area contributed by atoms with Crippen LogP contribution in [0.2, 0.25) is 0 Å². The molecule has 0 amide bonds. The van der Waals surface area contributed by atoms with Crippen molar-refractivity contribution in [2.45, 2.75) is 17.8 Å². The molecule has 0 aliphatic heterocycles. The highest BCUT2D eigenvalue weighted by Gasteiger charge is 2.46. The number of benzene rings is 9. The molecule has 11 rings (SSSR count). The molecular formula is C57H41N. The van der Waals surface area contributed by atoms with Gasteiger partial charge in [-0.1, -0.05) is 200 Å². The molecule has 1 heteroatoms. The van der Waals surface area contributed by atoms with Crippen LogP contribution in [0.4, 0.5) is 0 Å². The van der Waals surface area contributed by atoms with Gasteiger partial charge in [-0.3, -0.25) is 0 Å². The molecule has 0 saturated carbocycles. The standard InChI is InChI=1S/C57H41N/c1-5-17-42(18-6-1)51(44-33-35-49-48-25-13-15-27-53(48)57(54(49)39-44,45-19-7-2-8-20-45)46-21-9-3-10-22-46)37-40-29-31-41(32-30-40)43-34-36-56-52(38-43)50-26-14-16-28-55(50)58(56)47-23-11-4-12-24-47/h1-36,38-39,51H,37H2. The molecule has 0 radical (unpaired) electrons. The Hall–Kier alpha value is -7.22. The lowest BCUT2D eigenvalue weighted by Crippen LogP contribution is -2.28. The lowest BCUT2D eigenvalue weighted by atomic mass is 9.67. The van der Waals surface area contributed by atoms with E-state index in [0.29, 0.717) is 0 Å². The van der Waals surface area contributed by atoms with Crippen LogP contribution in [0, 0.1) is 0 Å². The summed E-state index contributed by atoms with van der Waals surface area (Å²) < 4.78 is 2.38. The summed E-state index contributed by atoms with van der Waals surface area (Å²) in [4.78, 5) is 0. The Balaban J connectivity index is 0.996. The molecule has 10 aromatic rings. The second-order valence-electron chi connectivity index (χ2n) is 15.6. The molecule has 1 aliphatic rings.